The third kappa shape index (κ3) is 4.51. The van der Waals surface area contributed by atoms with Crippen molar-refractivity contribution in [3.63, 3.8) is 0 Å². The topological polar surface area (TPSA) is 32.3 Å². The van der Waals surface area contributed by atoms with Gasteiger partial charge in [0.1, 0.15) is 0 Å². The summed E-state index contributed by atoms with van der Waals surface area (Å²) in [4.78, 5) is 14.3. The fourth-order valence-electron chi connectivity index (χ4n) is 2.44. The normalized spacial score (nSPS) is 17.4. The molecule has 1 amide bonds. The summed E-state index contributed by atoms with van der Waals surface area (Å²) >= 11 is 5.80. The van der Waals surface area contributed by atoms with Crippen molar-refractivity contribution in [2.75, 3.05) is 26.7 Å². The van der Waals surface area contributed by atoms with Crippen LogP contribution in [-0.2, 0) is 0 Å². The molecule has 1 aromatic carbocycles. The number of hydrogen-bond donors (Lipinski definition) is 1. The van der Waals surface area contributed by atoms with Gasteiger partial charge in [0.15, 0.2) is 0 Å². The first-order chi connectivity index (χ1) is 9.15. The fourth-order valence-corrected chi connectivity index (χ4v) is 2.57. The van der Waals surface area contributed by atoms with E-state index in [-0.39, 0.29) is 5.91 Å². The lowest BCUT2D eigenvalue weighted by molar-refractivity contribution is 0.0949. The van der Waals surface area contributed by atoms with E-state index in [0.29, 0.717) is 10.6 Å². The first-order valence-corrected chi connectivity index (χ1v) is 7.25. The van der Waals surface area contributed by atoms with Crippen molar-refractivity contribution in [3.8, 4) is 0 Å². The lowest BCUT2D eigenvalue weighted by Crippen LogP contribution is -2.32. The SMILES string of the molecule is CN1CCC(CCNC(=O)c2ccc(Cl)cc2)CC1. The van der Waals surface area contributed by atoms with E-state index in [4.69, 9.17) is 11.6 Å². The Morgan fingerprint density at radius 1 is 1.32 bits per heavy atom. The molecule has 1 aliphatic heterocycles. The second-order valence-corrected chi connectivity index (χ2v) is 5.73. The minimum absolute atomic E-state index is 0.00964. The predicted molar refractivity (Wildman–Crippen MR) is 78.6 cm³/mol. The molecule has 3 nitrogen and oxygen atoms in total. The number of benzene rings is 1. The Hall–Kier alpha value is -1.06. The van der Waals surface area contributed by atoms with E-state index < -0.39 is 0 Å². The van der Waals surface area contributed by atoms with Crippen LogP contribution in [0.15, 0.2) is 24.3 Å². The van der Waals surface area contributed by atoms with Gasteiger partial charge in [0.25, 0.3) is 5.91 Å². The Morgan fingerprint density at radius 2 is 1.95 bits per heavy atom. The summed E-state index contributed by atoms with van der Waals surface area (Å²) in [6.45, 7) is 3.11. The number of carbonyl (C=O) groups is 1. The molecule has 0 spiro atoms. The predicted octanol–water partition coefficient (Wildman–Crippen LogP) is 2.80. The van der Waals surface area contributed by atoms with Crippen LogP contribution in [0.4, 0.5) is 0 Å². The van der Waals surface area contributed by atoms with Crippen molar-refractivity contribution in [1.29, 1.82) is 0 Å². The molecule has 0 radical (unpaired) electrons. The summed E-state index contributed by atoms with van der Waals surface area (Å²) < 4.78 is 0. The molecule has 0 atom stereocenters. The molecule has 1 fully saturated rings. The van der Waals surface area contributed by atoms with Crippen LogP contribution in [-0.4, -0.2) is 37.5 Å². The van der Waals surface area contributed by atoms with Gasteiger partial charge in [-0.15, -0.1) is 0 Å². The molecule has 0 aromatic heterocycles. The van der Waals surface area contributed by atoms with Gasteiger partial charge in [-0.05, 0) is 69.6 Å². The summed E-state index contributed by atoms with van der Waals surface area (Å²) in [5.41, 5.74) is 0.674. The molecule has 1 heterocycles. The standard InChI is InChI=1S/C15H21ClN2O/c1-18-10-7-12(8-11-18)6-9-17-15(19)13-2-4-14(16)5-3-13/h2-5,12H,6-11H2,1H3,(H,17,19). The molecule has 0 saturated carbocycles. The van der Waals surface area contributed by atoms with E-state index in [1.807, 2.05) is 0 Å². The summed E-state index contributed by atoms with van der Waals surface area (Å²) in [5, 5.41) is 3.64. The zero-order valence-electron chi connectivity index (χ0n) is 11.4. The molecule has 2 rings (SSSR count). The van der Waals surface area contributed by atoms with Crippen LogP contribution in [0.1, 0.15) is 29.6 Å². The van der Waals surface area contributed by atoms with Crippen LogP contribution in [0.3, 0.4) is 0 Å². The average molecular weight is 281 g/mol. The summed E-state index contributed by atoms with van der Waals surface area (Å²) in [7, 11) is 2.17. The van der Waals surface area contributed by atoms with Crippen LogP contribution in [0.2, 0.25) is 5.02 Å². The number of carbonyl (C=O) groups excluding carboxylic acids is 1. The monoisotopic (exact) mass is 280 g/mol. The van der Waals surface area contributed by atoms with Crippen LogP contribution in [0.5, 0.6) is 0 Å². The van der Waals surface area contributed by atoms with E-state index in [1.54, 1.807) is 24.3 Å². The van der Waals surface area contributed by atoms with Crippen molar-refractivity contribution in [2.45, 2.75) is 19.3 Å². The maximum Gasteiger partial charge on any atom is 0.251 e. The quantitative estimate of drug-likeness (QED) is 0.920. The first kappa shape index (κ1) is 14.4. The smallest absolute Gasteiger partial charge is 0.251 e. The number of halogens is 1. The lowest BCUT2D eigenvalue weighted by Gasteiger charge is -2.28. The van der Waals surface area contributed by atoms with Crippen LogP contribution < -0.4 is 5.32 Å². The van der Waals surface area contributed by atoms with Gasteiger partial charge in [-0.1, -0.05) is 11.6 Å². The minimum atomic E-state index is -0.00964. The zero-order chi connectivity index (χ0) is 13.7. The third-order valence-corrected chi connectivity index (χ3v) is 4.03. The second kappa shape index (κ2) is 6.92. The van der Waals surface area contributed by atoms with E-state index in [0.717, 1.165) is 18.9 Å². The minimum Gasteiger partial charge on any atom is -0.352 e. The van der Waals surface area contributed by atoms with Gasteiger partial charge in [0, 0.05) is 17.1 Å². The zero-order valence-corrected chi connectivity index (χ0v) is 12.1. The maximum absolute atomic E-state index is 11.9. The van der Waals surface area contributed by atoms with E-state index >= 15 is 0 Å². The largest absolute Gasteiger partial charge is 0.352 e. The molecule has 1 aromatic rings. The van der Waals surface area contributed by atoms with Crippen LogP contribution in [0.25, 0.3) is 0 Å². The van der Waals surface area contributed by atoms with E-state index in [9.17, 15) is 4.79 Å². The van der Waals surface area contributed by atoms with E-state index in [2.05, 4.69) is 17.3 Å². The molecule has 0 unspecified atom stereocenters. The van der Waals surface area contributed by atoms with Gasteiger partial charge in [0.05, 0.1) is 0 Å². The number of piperidine rings is 1. The van der Waals surface area contributed by atoms with Gasteiger partial charge >= 0.3 is 0 Å². The number of likely N-dealkylation sites (tertiary alicyclic amines) is 1. The first-order valence-electron chi connectivity index (χ1n) is 6.87. The Balaban J connectivity index is 1.70. The maximum atomic E-state index is 11.9. The Labute approximate surface area is 119 Å². The highest BCUT2D eigenvalue weighted by Gasteiger charge is 2.16. The van der Waals surface area contributed by atoms with Crippen LogP contribution >= 0.6 is 11.6 Å². The molecular formula is C15H21ClN2O. The molecule has 1 saturated heterocycles. The lowest BCUT2D eigenvalue weighted by atomic mass is 9.94. The summed E-state index contributed by atoms with van der Waals surface area (Å²) in [6.07, 6.45) is 3.56. The molecule has 4 heteroatoms. The summed E-state index contributed by atoms with van der Waals surface area (Å²) in [6, 6.07) is 7.00. The molecule has 104 valence electrons. The molecule has 0 bridgehead atoms. The molecule has 0 aliphatic carbocycles. The molecular weight excluding hydrogens is 260 g/mol. The highest BCUT2D eigenvalue weighted by molar-refractivity contribution is 6.30. The number of nitrogens with one attached hydrogen (secondary N) is 1. The molecule has 1 aliphatic rings. The van der Waals surface area contributed by atoms with Gasteiger partial charge in [-0.25, -0.2) is 0 Å². The van der Waals surface area contributed by atoms with Crippen molar-refractivity contribution in [1.82, 2.24) is 10.2 Å². The van der Waals surface area contributed by atoms with Gasteiger partial charge in [0.2, 0.25) is 0 Å². The van der Waals surface area contributed by atoms with Gasteiger partial charge in [-0.3, -0.25) is 4.79 Å². The molecule has 1 N–H and O–H groups in total. The number of hydrogen-bond acceptors (Lipinski definition) is 2. The highest BCUT2D eigenvalue weighted by atomic mass is 35.5. The Kier molecular flexibility index (Phi) is 5.23. The number of rotatable bonds is 4. The van der Waals surface area contributed by atoms with E-state index in [1.165, 1.54) is 25.9 Å². The summed E-state index contributed by atoms with van der Waals surface area (Å²) in [5.74, 6) is 0.742. The third-order valence-electron chi connectivity index (χ3n) is 3.78. The molecule has 19 heavy (non-hydrogen) atoms. The average Bonchev–Trinajstić information content (AvgIpc) is 2.41. The number of amides is 1. The fraction of sp³-hybridized carbons (Fsp3) is 0.533. The van der Waals surface area contributed by atoms with Crippen molar-refractivity contribution < 1.29 is 4.79 Å². The van der Waals surface area contributed by atoms with Gasteiger partial charge < -0.3 is 10.2 Å². The number of nitrogens with zero attached hydrogens (tertiary/aromatic N) is 1. The Morgan fingerprint density at radius 3 is 2.58 bits per heavy atom. The highest BCUT2D eigenvalue weighted by Crippen LogP contribution is 2.18. The van der Waals surface area contributed by atoms with Crippen molar-refractivity contribution in [3.05, 3.63) is 34.9 Å². The second-order valence-electron chi connectivity index (χ2n) is 5.30. The van der Waals surface area contributed by atoms with Crippen molar-refractivity contribution >= 4 is 17.5 Å². The van der Waals surface area contributed by atoms with Crippen molar-refractivity contribution in [2.24, 2.45) is 5.92 Å². The Bertz CT molecular complexity index is 411. The van der Waals surface area contributed by atoms with Gasteiger partial charge in [-0.2, -0.15) is 0 Å². The van der Waals surface area contributed by atoms with Crippen LogP contribution in [0, 0.1) is 5.92 Å².